The second-order valence-electron chi connectivity index (χ2n) is 7.72. The summed E-state index contributed by atoms with van der Waals surface area (Å²) in [7, 11) is 1.51. The Kier molecular flexibility index (Phi) is 5.23. The van der Waals surface area contributed by atoms with Crippen LogP contribution in [0, 0.1) is 0 Å². The Morgan fingerprint density at radius 1 is 1.12 bits per heavy atom. The lowest BCUT2D eigenvalue weighted by Gasteiger charge is -2.22. The van der Waals surface area contributed by atoms with Crippen LogP contribution in [0.1, 0.15) is 40.0 Å². The first-order valence-electron chi connectivity index (χ1n) is 10.5. The van der Waals surface area contributed by atoms with E-state index in [0.717, 1.165) is 64.1 Å². The van der Waals surface area contributed by atoms with Crippen molar-refractivity contribution in [3.05, 3.63) is 64.8 Å². The fraction of sp³-hybridized carbons (Fsp3) is 0.240. The Balaban J connectivity index is 1.60. The average Bonchev–Trinajstić information content (AvgIpc) is 3.29. The lowest BCUT2D eigenvalue weighted by molar-refractivity contribution is -0.123. The second-order valence-corrected chi connectivity index (χ2v) is 7.72. The van der Waals surface area contributed by atoms with Gasteiger partial charge in [0.1, 0.15) is 0 Å². The van der Waals surface area contributed by atoms with Gasteiger partial charge in [-0.1, -0.05) is 24.3 Å². The van der Waals surface area contributed by atoms with Gasteiger partial charge >= 0.3 is 5.97 Å². The van der Waals surface area contributed by atoms with Gasteiger partial charge in [0.05, 0.1) is 16.8 Å². The van der Waals surface area contributed by atoms with E-state index >= 15 is 0 Å². The van der Waals surface area contributed by atoms with Crippen molar-refractivity contribution in [2.45, 2.75) is 19.3 Å². The number of fused-ring (bicyclic) bond motifs is 3. The Morgan fingerprint density at radius 2 is 1.97 bits per heavy atom. The number of amides is 1. The van der Waals surface area contributed by atoms with E-state index in [2.05, 4.69) is 11.4 Å². The van der Waals surface area contributed by atoms with Gasteiger partial charge in [-0.2, -0.15) is 0 Å². The van der Waals surface area contributed by atoms with Gasteiger partial charge in [-0.05, 0) is 60.2 Å². The molecule has 0 spiro atoms. The van der Waals surface area contributed by atoms with Gasteiger partial charge in [0.2, 0.25) is 6.79 Å². The van der Waals surface area contributed by atoms with E-state index in [-0.39, 0.29) is 19.3 Å². The van der Waals surface area contributed by atoms with Gasteiger partial charge in [-0.25, -0.2) is 9.78 Å². The van der Waals surface area contributed by atoms with Crippen LogP contribution in [-0.4, -0.2) is 37.3 Å². The highest BCUT2D eigenvalue weighted by Gasteiger charge is 2.26. The van der Waals surface area contributed by atoms with E-state index in [4.69, 9.17) is 19.2 Å². The van der Waals surface area contributed by atoms with Crippen LogP contribution in [0.5, 0.6) is 11.5 Å². The van der Waals surface area contributed by atoms with Crippen LogP contribution in [0.2, 0.25) is 0 Å². The van der Waals surface area contributed by atoms with Crippen LogP contribution in [0.3, 0.4) is 0 Å². The zero-order chi connectivity index (χ0) is 22.1. The predicted octanol–water partition coefficient (Wildman–Crippen LogP) is 3.74. The molecule has 0 saturated heterocycles. The molecule has 2 aliphatic rings. The molecule has 1 aliphatic carbocycles. The smallest absolute Gasteiger partial charge is 0.339 e. The van der Waals surface area contributed by atoms with Crippen molar-refractivity contribution in [3.63, 3.8) is 0 Å². The van der Waals surface area contributed by atoms with E-state index in [1.165, 1.54) is 7.05 Å². The summed E-state index contributed by atoms with van der Waals surface area (Å²) in [6.07, 6.45) is 4.54. The van der Waals surface area contributed by atoms with Crippen LogP contribution >= 0.6 is 0 Å². The Bertz CT molecular complexity index is 1260. The highest BCUT2D eigenvalue weighted by molar-refractivity contribution is 6.07. The number of carbonyl (C=O) groups excluding carboxylic acids is 2. The van der Waals surface area contributed by atoms with Crippen molar-refractivity contribution in [1.29, 1.82) is 0 Å². The molecule has 1 amide bonds. The first kappa shape index (κ1) is 20.1. The molecule has 0 unspecified atom stereocenters. The molecular formula is C25H22N2O5. The van der Waals surface area contributed by atoms with E-state index in [1.807, 2.05) is 42.5 Å². The third kappa shape index (κ3) is 3.66. The van der Waals surface area contributed by atoms with Gasteiger partial charge < -0.3 is 19.5 Å². The molecule has 5 rings (SSSR count). The first-order chi connectivity index (χ1) is 15.6. The quantitative estimate of drug-likeness (QED) is 0.635. The monoisotopic (exact) mass is 430 g/mol. The number of rotatable bonds is 4. The Labute approximate surface area is 185 Å². The number of likely N-dealkylation sites (N-methyl/N-ethyl adjacent to an activating group) is 1. The van der Waals surface area contributed by atoms with E-state index in [0.29, 0.717) is 5.56 Å². The molecule has 2 aromatic carbocycles. The minimum Gasteiger partial charge on any atom is -0.454 e. The molecule has 3 aromatic rings. The summed E-state index contributed by atoms with van der Waals surface area (Å²) < 4.78 is 16.2. The fourth-order valence-electron chi connectivity index (χ4n) is 4.19. The summed E-state index contributed by atoms with van der Waals surface area (Å²) >= 11 is 0. The van der Waals surface area contributed by atoms with E-state index in [9.17, 15) is 9.59 Å². The second kappa shape index (κ2) is 8.34. The van der Waals surface area contributed by atoms with Crippen LogP contribution in [0.25, 0.3) is 22.6 Å². The molecule has 1 aliphatic heterocycles. The van der Waals surface area contributed by atoms with Gasteiger partial charge in [0.25, 0.3) is 5.91 Å². The zero-order valence-corrected chi connectivity index (χ0v) is 17.6. The van der Waals surface area contributed by atoms with Crippen LogP contribution < -0.4 is 14.8 Å². The van der Waals surface area contributed by atoms with Crippen LogP contribution in [-0.2, 0) is 16.0 Å². The van der Waals surface area contributed by atoms with Gasteiger partial charge in [-0.15, -0.1) is 0 Å². The minimum atomic E-state index is -0.507. The average molecular weight is 430 g/mol. The normalized spacial score (nSPS) is 15.5. The number of hydrogen-bond donors (Lipinski definition) is 1. The maximum atomic E-state index is 13.1. The third-order valence-corrected chi connectivity index (χ3v) is 5.73. The van der Waals surface area contributed by atoms with Crippen molar-refractivity contribution in [2.24, 2.45) is 0 Å². The third-order valence-electron chi connectivity index (χ3n) is 5.73. The topological polar surface area (TPSA) is 86.8 Å². The van der Waals surface area contributed by atoms with Gasteiger partial charge in [0.15, 0.2) is 18.1 Å². The van der Waals surface area contributed by atoms with Crippen LogP contribution in [0.15, 0.2) is 42.5 Å². The molecule has 162 valence electrons. The molecule has 2 heterocycles. The van der Waals surface area contributed by atoms with E-state index in [1.54, 1.807) is 0 Å². The number of hydrogen-bond acceptors (Lipinski definition) is 6. The lowest BCUT2D eigenvalue weighted by Crippen LogP contribution is -2.26. The number of nitrogens with one attached hydrogen (secondary N) is 1. The van der Waals surface area contributed by atoms with E-state index < -0.39 is 5.97 Å². The molecule has 0 saturated carbocycles. The number of nitrogens with zero attached hydrogens (tertiary/aromatic N) is 1. The molecule has 7 heteroatoms. The largest absolute Gasteiger partial charge is 0.454 e. The number of ether oxygens (including phenoxy) is 3. The van der Waals surface area contributed by atoms with Crippen molar-refractivity contribution in [3.8, 4) is 11.5 Å². The maximum Gasteiger partial charge on any atom is 0.339 e. The summed E-state index contributed by atoms with van der Waals surface area (Å²) in [6.45, 7) is -0.0894. The molecule has 0 radical (unpaired) electrons. The molecule has 1 N–H and O–H groups in total. The molecule has 1 aromatic heterocycles. The minimum absolute atomic E-state index is 0.229. The summed E-state index contributed by atoms with van der Waals surface area (Å²) in [5.41, 5.74) is 4.91. The van der Waals surface area contributed by atoms with Crippen molar-refractivity contribution < 1.29 is 23.8 Å². The van der Waals surface area contributed by atoms with Gasteiger partial charge in [-0.3, -0.25) is 4.79 Å². The Hall–Kier alpha value is -3.87. The summed E-state index contributed by atoms with van der Waals surface area (Å²) in [5.74, 6) is 0.600. The lowest BCUT2D eigenvalue weighted by atomic mass is 9.86. The predicted molar refractivity (Wildman–Crippen MR) is 119 cm³/mol. The zero-order valence-electron chi connectivity index (χ0n) is 17.6. The van der Waals surface area contributed by atoms with Gasteiger partial charge in [0, 0.05) is 12.4 Å². The number of allylic oxidation sites excluding steroid dienone is 1. The molecular weight excluding hydrogens is 408 g/mol. The first-order valence-corrected chi connectivity index (χ1v) is 10.5. The fourth-order valence-corrected chi connectivity index (χ4v) is 4.19. The molecule has 0 fully saturated rings. The van der Waals surface area contributed by atoms with Crippen molar-refractivity contribution in [1.82, 2.24) is 10.3 Å². The summed E-state index contributed by atoms with van der Waals surface area (Å²) in [4.78, 5) is 29.6. The highest BCUT2D eigenvalue weighted by atomic mass is 16.7. The highest BCUT2D eigenvalue weighted by Crippen LogP contribution is 2.38. The number of esters is 1. The van der Waals surface area contributed by atoms with Crippen molar-refractivity contribution >= 4 is 34.4 Å². The Morgan fingerprint density at radius 3 is 2.84 bits per heavy atom. The number of benzene rings is 2. The molecule has 0 atom stereocenters. The number of aromatic nitrogens is 1. The summed E-state index contributed by atoms with van der Waals surface area (Å²) in [5, 5.41) is 3.20. The number of pyridine rings is 1. The molecule has 7 nitrogen and oxygen atoms in total. The van der Waals surface area contributed by atoms with Crippen LogP contribution in [0.4, 0.5) is 0 Å². The molecule has 32 heavy (non-hydrogen) atoms. The standard InChI is InChI=1S/C25H22N2O5/c1-26-22(28)13-30-25(29)23-17-6-2-3-8-19(17)27-24-16(5-4-7-18(23)24)11-15-9-10-20-21(12-15)32-14-31-20/h2-3,6,8-12H,4-5,7,13-14H2,1H3,(H,26,28)/b16-11-. The molecule has 0 bridgehead atoms. The summed E-state index contributed by atoms with van der Waals surface area (Å²) in [6, 6.07) is 13.3. The SMILES string of the molecule is CNC(=O)COC(=O)c1c2c(nc3ccccc13)/C(=C\c1ccc3c(c1)OCO3)CCC2. The van der Waals surface area contributed by atoms with Crippen molar-refractivity contribution in [2.75, 3.05) is 20.4 Å². The number of para-hydroxylation sites is 1. The number of carbonyl (C=O) groups is 2. The maximum absolute atomic E-state index is 13.1.